The van der Waals surface area contributed by atoms with Gasteiger partial charge in [-0.15, -0.1) is 0 Å². The molecule has 1 rings (SSSR count). The van der Waals surface area contributed by atoms with E-state index in [0.717, 1.165) is 0 Å². The zero-order valence-electron chi connectivity index (χ0n) is 8.11. The second-order valence-corrected chi connectivity index (χ2v) is 5.73. The number of carbonyl (C=O) groups is 1. The van der Waals surface area contributed by atoms with Gasteiger partial charge < -0.3 is 5.32 Å². The van der Waals surface area contributed by atoms with Crippen molar-refractivity contribution in [2.45, 2.75) is 0 Å². The van der Waals surface area contributed by atoms with Crippen LogP contribution < -0.4 is 5.32 Å². The van der Waals surface area contributed by atoms with Crippen molar-refractivity contribution in [1.82, 2.24) is 0 Å². The summed E-state index contributed by atoms with van der Waals surface area (Å²) >= 11 is 11.0. The minimum atomic E-state index is -4.07. The molecule has 0 aliphatic heterocycles. The highest BCUT2D eigenvalue weighted by atomic mass is 35.7. The Labute approximate surface area is 112 Å². The second kappa shape index (κ2) is 5.88. The first-order chi connectivity index (χ1) is 7.79. The molecule has 1 N–H and O–H groups in total. The van der Waals surface area contributed by atoms with Crippen LogP contribution in [0.15, 0.2) is 18.2 Å². The first kappa shape index (κ1) is 14.5. The van der Waals surface area contributed by atoms with Gasteiger partial charge in [0.1, 0.15) is 6.73 Å². The summed E-state index contributed by atoms with van der Waals surface area (Å²) < 4.78 is 25.2. The standard InChI is InChI=1S/C8H6Cl3NO4S/c9-5-1-2-7(6(3-5)8(10)13)12-4-16-17(11,14)15/h1-3,12H,4H2. The Kier molecular flexibility index (Phi) is 5.03. The summed E-state index contributed by atoms with van der Waals surface area (Å²) in [7, 11) is 0.753. The van der Waals surface area contributed by atoms with Crippen LogP contribution in [0.5, 0.6) is 0 Å². The molecule has 0 amide bonds. The number of halogens is 3. The SMILES string of the molecule is O=C(Cl)c1cc(Cl)ccc1NCOS(=O)(=O)Cl. The Morgan fingerprint density at radius 1 is 1.41 bits per heavy atom. The van der Waals surface area contributed by atoms with Gasteiger partial charge in [0.25, 0.3) is 5.24 Å². The second-order valence-electron chi connectivity index (χ2n) is 2.80. The highest BCUT2D eigenvalue weighted by molar-refractivity contribution is 8.09. The molecule has 17 heavy (non-hydrogen) atoms. The van der Waals surface area contributed by atoms with Gasteiger partial charge in [-0.05, 0) is 29.8 Å². The summed E-state index contributed by atoms with van der Waals surface area (Å²) in [5.41, 5.74) is 0.393. The van der Waals surface area contributed by atoms with E-state index in [4.69, 9.17) is 33.9 Å². The molecule has 1 aromatic rings. The van der Waals surface area contributed by atoms with Gasteiger partial charge in [-0.1, -0.05) is 11.6 Å². The van der Waals surface area contributed by atoms with Gasteiger partial charge in [-0.3, -0.25) is 4.79 Å². The summed E-state index contributed by atoms with van der Waals surface area (Å²) in [5, 5.41) is 2.12. The zero-order valence-corrected chi connectivity index (χ0v) is 11.2. The maximum absolute atomic E-state index is 11.1. The van der Waals surface area contributed by atoms with Crippen LogP contribution in [0.4, 0.5) is 5.69 Å². The first-order valence-electron chi connectivity index (χ1n) is 4.12. The Balaban J connectivity index is 2.81. The molecule has 0 unspecified atom stereocenters. The molecule has 0 spiro atoms. The van der Waals surface area contributed by atoms with E-state index in [2.05, 4.69) is 9.50 Å². The van der Waals surface area contributed by atoms with Gasteiger partial charge in [0.05, 0.1) is 5.56 Å². The minimum absolute atomic E-state index is 0.106. The molecule has 0 fully saturated rings. The van der Waals surface area contributed by atoms with Crippen LogP contribution in [-0.2, 0) is 13.5 Å². The topological polar surface area (TPSA) is 72.5 Å². The molecule has 5 nitrogen and oxygen atoms in total. The predicted octanol–water partition coefficient (Wildman–Crippen LogP) is 2.59. The van der Waals surface area contributed by atoms with Crippen LogP contribution in [0.3, 0.4) is 0 Å². The van der Waals surface area contributed by atoms with Crippen LogP contribution >= 0.6 is 33.9 Å². The Morgan fingerprint density at radius 3 is 2.59 bits per heavy atom. The lowest BCUT2D eigenvalue weighted by Crippen LogP contribution is -2.10. The quantitative estimate of drug-likeness (QED) is 0.667. The minimum Gasteiger partial charge on any atom is -0.361 e. The number of carbonyl (C=O) groups excluding carboxylic acids is 1. The van der Waals surface area contributed by atoms with Crippen molar-refractivity contribution >= 4 is 54.1 Å². The van der Waals surface area contributed by atoms with Crippen molar-refractivity contribution in [3.05, 3.63) is 28.8 Å². The molecule has 94 valence electrons. The van der Waals surface area contributed by atoms with Crippen molar-refractivity contribution in [2.24, 2.45) is 0 Å². The molecule has 0 bridgehead atoms. The first-order valence-corrected chi connectivity index (χ1v) is 7.11. The smallest absolute Gasteiger partial charge is 0.357 e. The number of nitrogens with one attached hydrogen (secondary N) is 1. The molecule has 0 atom stereocenters. The highest BCUT2D eigenvalue weighted by Crippen LogP contribution is 2.22. The largest absolute Gasteiger partial charge is 0.361 e. The van der Waals surface area contributed by atoms with Gasteiger partial charge in [-0.25, -0.2) is 4.18 Å². The van der Waals surface area contributed by atoms with Gasteiger partial charge in [-0.2, -0.15) is 8.42 Å². The van der Waals surface area contributed by atoms with Crippen LogP contribution in [0.1, 0.15) is 10.4 Å². The van der Waals surface area contributed by atoms with Gasteiger partial charge >= 0.3 is 9.33 Å². The molecule has 0 saturated carbocycles. The highest BCUT2D eigenvalue weighted by Gasteiger charge is 2.11. The molecule has 0 aliphatic carbocycles. The van der Waals surface area contributed by atoms with E-state index in [-0.39, 0.29) is 11.3 Å². The summed E-state index contributed by atoms with van der Waals surface area (Å²) in [6.45, 7) is -0.426. The lowest BCUT2D eigenvalue weighted by atomic mass is 10.2. The maximum Gasteiger partial charge on any atom is 0.357 e. The molecule has 1 aromatic carbocycles. The van der Waals surface area contributed by atoms with Crippen molar-refractivity contribution in [3.8, 4) is 0 Å². The van der Waals surface area contributed by atoms with E-state index >= 15 is 0 Å². The van der Waals surface area contributed by atoms with Crippen LogP contribution in [-0.4, -0.2) is 20.4 Å². The molecule has 0 aromatic heterocycles. The zero-order chi connectivity index (χ0) is 13.1. The Morgan fingerprint density at radius 2 is 2.06 bits per heavy atom. The Hall–Kier alpha value is -0.530. The number of hydrogen-bond acceptors (Lipinski definition) is 5. The van der Waals surface area contributed by atoms with Crippen LogP contribution in [0.2, 0.25) is 5.02 Å². The summed E-state index contributed by atoms with van der Waals surface area (Å²) in [6, 6.07) is 4.30. The molecule has 0 saturated heterocycles. The van der Waals surface area contributed by atoms with E-state index in [1.165, 1.54) is 18.2 Å². The Bertz CT molecular complexity index is 532. The van der Waals surface area contributed by atoms with E-state index in [9.17, 15) is 13.2 Å². The molecular formula is C8H6Cl3NO4S. The van der Waals surface area contributed by atoms with Crippen molar-refractivity contribution in [3.63, 3.8) is 0 Å². The average Bonchev–Trinajstić information content (AvgIpc) is 2.18. The van der Waals surface area contributed by atoms with Crippen molar-refractivity contribution in [1.29, 1.82) is 0 Å². The normalized spacial score (nSPS) is 11.2. The summed E-state index contributed by atoms with van der Waals surface area (Å²) in [4.78, 5) is 11.1. The molecular weight excluding hydrogens is 313 g/mol. The van der Waals surface area contributed by atoms with E-state index < -0.39 is 21.3 Å². The molecule has 0 radical (unpaired) electrons. The number of anilines is 1. The fraction of sp³-hybridized carbons (Fsp3) is 0.125. The lowest BCUT2D eigenvalue weighted by Gasteiger charge is -2.08. The fourth-order valence-electron chi connectivity index (χ4n) is 1.01. The molecule has 0 heterocycles. The third kappa shape index (κ3) is 5.10. The lowest BCUT2D eigenvalue weighted by molar-refractivity contribution is 0.108. The van der Waals surface area contributed by atoms with E-state index in [1.807, 2.05) is 0 Å². The summed E-state index contributed by atoms with van der Waals surface area (Å²) in [5.74, 6) is 0. The van der Waals surface area contributed by atoms with Crippen molar-refractivity contribution < 1.29 is 17.4 Å². The summed E-state index contributed by atoms with van der Waals surface area (Å²) in [6.07, 6.45) is 0. The monoisotopic (exact) mass is 317 g/mol. The third-order valence-corrected chi connectivity index (χ3v) is 2.76. The van der Waals surface area contributed by atoms with Crippen LogP contribution in [0.25, 0.3) is 0 Å². The number of rotatable bonds is 5. The van der Waals surface area contributed by atoms with Gasteiger partial charge in [0.2, 0.25) is 0 Å². The van der Waals surface area contributed by atoms with E-state index in [0.29, 0.717) is 5.02 Å². The number of benzene rings is 1. The molecule has 0 aliphatic rings. The van der Waals surface area contributed by atoms with Crippen LogP contribution in [0, 0.1) is 0 Å². The fourth-order valence-corrected chi connectivity index (χ4v) is 1.67. The average molecular weight is 319 g/mol. The van der Waals surface area contributed by atoms with E-state index in [1.54, 1.807) is 0 Å². The van der Waals surface area contributed by atoms with Gasteiger partial charge in [0.15, 0.2) is 0 Å². The maximum atomic E-state index is 11.1. The van der Waals surface area contributed by atoms with Gasteiger partial charge in [0, 0.05) is 21.4 Å². The number of hydrogen-bond donors (Lipinski definition) is 1. The van der Waals surface area contributed by atoms with Crippen molar-refractivity contribution in [2.75, 3.05) is 12.0 Å². The third-order valence-electron chi connectivity index (χ3n) is 1.66. The molecule has 9 heteroatoms. The predicted molar refractivity (Wildman–Crippen MR) is 66.0 cm³/mol.